The van der Waals surface area contributed by atoms with Crippen molar-refractivity contribution in [3.63, 3.8) is 0 Å². The van der Waals surface area contributed by atoms with E-state index in [0.29, 0.717) is 0 Å². The summed E-state index contributed by atoms with van der Waals surface area (Å²) in [5, 5.41) is 1.16. The third-order valence-corrected chi connectivity index (χ3v) is 1.84. The molecule has 0 aromatic heterocycles. The van der Waals surface area contributed by atoms with E-state index in [1.165, 1.54) is 19.3 Å². The van der Waals surface area contributed by atoms with E-state index in [1.54, 1.807) is 0 Å². The molecule has 50 valence electrons. The molecule has 1 atom stereocenters. The van der Waals surface area contributed by atoms with Gasteiger partial charge in [0.05, 0.1) is 0 Å². The van der Waals surface area contributed by atoms with Gasteiger partial charge in [0.25, 0.3) is 0 Å². The maximum Gasteiger partial charge on any atom is 0.00338 e. The van der Waals surface area contributed by atoms with Crippen molar-refractivity contribution >= 4 is 15.9 Å². The largest absolute Gasteiger partial charge is 0.0928 e. The molecule has 0 saturated carbocycles. The van der Waals surface area contributed by atoms with Crippen LogP contribution in [0, 0.1) is 5.92 Å². The molecule has 1 unspecified atom stereocenters. The molecular formula is C7H15Br. The van der Waals surface area contributed by atoms with Gasteiger partial charge in [-0.2, -0.15) is 0 Å². The molecule has 0 aromatic carbocycles. The van der Waals surface area contributed by atoms with Crippen molar-refractivity contribution in [2.45, 2.75) is 33.1 Å². The van der Waals surface area contributed by atoms with Crippen molar-refractivity contribution in [1.82, 2.24) is 0 Å². The SMILES string of the molecule is CCCC(C)CCBr. The van der Waals surface area contributed by atoms with Gasteiger partial charge in [0.2, 0.25) is 0 Å². The molecule has 0 nitrogen and oxygen atoms in total. The normalized spacial score (nSPS) is 13.9. The van der Waals surface area contributed by atoms with Crippen LogP contribution in [0.15, 0.2) is 0 Å². The minimum Gasteiger partial charge on any atom is -0.0928 e. The lowest BCUT2D eigenvalue weighted by molar-refractivity contribution is 0.514. The van der Waals surface area contributed by atoms with E-state index in [4.69, 9.17) is 0 Å². The Morgan fingerprint density at radius 3 is 2.38 bits per heavy atom. The zero-order chi connectivity index (χ0) is 6.41. The average molecular weight is 179 g/mol. The minimum atomic E-state index is 0.916. The van der Waals surface area contributed by atoms with Crippen LogP contribution in [-0.2, 0) is 0 Å². The fourth-order valence-electron chi connectivity index (χ4n) is 0.823. The van der Waals surface area contributed by atoms with Crippen molar-refractivity contribution in [2.24, 2.45) is 5.92 Å². The van der Waals surface area contributed by atoms with Crippen LogP contribution in [0.1, 0.15) is 33.1 Å². The third kappa shape index (κ3) is 4.63. The van der Waals surface area contributed by atoms with Gasteiger partial charge in [0.15, 0.2) is 0 Å². The lowest BCUT2D eigenvalue weighted by Gasteiger charge is -2.04. The first-order valence-electron chi connectivity index (χ1n) is 3.37. The van der Waals surface area contributed by atoms with Gasteiger partial charge in [-0.25, -0.2) is 0 Å². The predicted octanol–water partition coefficient (Wildman–Crippen LogP) is 3.21. The maximum absolute atomic E-state index is 3.42. The van der Waals surface area contributed by atoms with Gasteiger partial charge in [0, 0.05) is 5.33 Å². The second-order valence-corrected chi connectivity index (χ2v) is 3.16. The summed E-state index contributed by atoms with van der Waals surface area (Å²) < 4.78 is 0. The van der Waals surface area contributed by atoms with Crippen molar-refractivity contribution < 1.29 is 0 Å². The number of halogens is 1. The van der Waals surface area contributed by atoms with Crippen molar-refractivity contribution in [1.29, 1.82) is 0 Å². The van der Waals surface area contributed by atoms with Gasteiger partial charge in [-0.05, 0) is 12.3 Å². The Labute approximate surface area is 60.8 Å². The molecule has 0 heterocycles. The molecule has 0 bridgehead atoms. The van der Waals surface area contributed by atoms with Crippen LogP contribution in [0.3, 0.4) is 0 Å². The molecular weight excluding hydrogens is 164 g/mol. The van der Waals surface area contributed by atoms with Gasteiger partial charge in [-0.3, -0.25) is 0 Å². The van der Waals surface area contributed by atoms with Crippen LogP contribution in [-0.4, -0.2) is 5.33 Å². The Kier molecular flexibility index (Phi) is 5.95. The van der Waals surface area contributed by atoms with Crippen LogP contribution in [0.2, 0.25) is 0 Å². The smallest absolute Gasteiger partial charge is 0.00338 e. The van der Waals surface area contributed by atoms with Gasteiger partial charge in [-0.1, -0.05) is 42.6 Å². The highest BCUT2D eigenvalue weighted by Gasteiger charge is 1.96. The van der Waals surface area contributed by atoms with Gasteiger partial charge < -0.3 is 0 Å². The molecule has 8 heavy (non-hydrogen) atoms. The lowest BCUT2D eigenvalue weighted by atomic mass is 10.0. The van der Waals surface area contributed by atoms with Crippen LogP contribution < -0.4 is 0 Å². The summed E-state index contributed by atoms with van der Waals surface area (Å²) in [7, 11) is 0. The van der Waals surface area contributed by atoms with Gasteiger partial charge >= 0.3 is 0 Å². The molecule has 0 aliphatic carbocycles. The van der Waals surface area contributed by atoms with E-state index in [2.05, 4.69) is 29.8 Å². The molecule has 0 aromatic rings. The first kappa shape index (κ1) is 8.48. The van der Waals surface area contributed by atoms with Crippen molar-refractivity contribution in [3.05, 3.63) is 0 Å². The maximum atomic E-state index is 3.42. The molecule has 0 fully saturated rings. The first-order valence-corrected chi connectivity index (χ1v) is 4.49. The Bertz CT molecular complexity index is 37.7. The highest BCUT2D eigenvalue weighted by molar-refractivity contribution is 9.09. The molecule has 0 radical (unpaired) electrons. The summed E-state index contributed by atoms with van der Waals surface area (Å²) in [5.41, 5.74) is 0. The van der Waals surface area contributed by atoms with E-state index in [9.17, 15) is 0 Å². The van der Waals surface area contributed by atoms with E-state index >= 15 is 0 Å². The highest BCUT2D eigenvalue weighted by atomic mass is 79.9. The van der Waals surface area contributed by atoms with Crippen LogP contribution in [0.4, 0.5) is 0 Å². The third-order valence-electron chi connectivity index (χ3n) is 1.38. The van der Waals surface area contributed by atoms with Crippen LogP contribution in [0.5, 0.6) is 0 Å². The fourth-order valence-corrected chi connectivity index (χ4v) is 1.60. The van der Waals surface area contributed by atoms with Crippen molar-refractivity contribution in [2.75, 3.05) is 5.33 Å². The molecule has 0 amide bonds. The number of hydrogen-bond donors (Lipinski definition) is 0. The summed E-state index contributed by atoms with van der Waals surface area (Å²) in [6.45, 7) is 4.55. The number of rotatable bonds is 4. The zero-order valence-corrected chi connectivity index (χ0v) is 7.37. The summed E-state index contributed by atoms with van der Waals surface area (Å²) in [5.74, 6) is 0.916. The molecule has 0 N–H and O–H groups in total. The average Bonchev–Trinajstić information content (AvgIpc) is 1.68. The van der Waals surface area contributed by atoms with Crippen LogP contribution >= 0.6 is 15.9 Å². The quantitative estimate of drug-likeness (QED) is 0.581. The molecule has 0 spiro atoms. The van der Waals surface area contributed by atoms with E-state index < -0.39 is 0 Å². The lowest BCUT2D eigenvalue weighted by Crippen LogP contribution is -1.93. The second-order valence-electron chi connectivity index (χ2n) is 2.37. The summed E-state index contributed by atoms with van der Waals surface area (Å²) >= 11 is 3.42. The summed E-state index contributed by atoms with van der Waals surface area (Å²) in [4.78, 5) is 0. The summed E-state index contributed by atoms with van der Waals surface area (Å²) in [6, 6.07) is 0. The van der Waals surface area contributed by atoms with Crippen molar-refractivity contribution in [3.8, 4) is 0 Å². The number of alkyl halides is 1. The minimum absolute atomic E-state index is 0.916. The van der Waals surface area contributed by atoms with Gasteiger partial charge in [-0.15, -0.1) is 0 Å². The molecule has 0 aliphatic rings. The Hall–Kier alpha value is 0.480. The monoisotopic (exact) mass is 178 g/mol. The summed E-state index contributed by atoms with van der Waals surface area (Å²) in [6.07, 6.45) is 4.04. The molecule has 0 aliphatic heterocycles. The van der Waals surface area contributed by atoms with Crippen LogP contribution in [0.25, 0.3) is 0 Å². The van der Waals surface area contributed by atoms with E-state index in [1.807, 2.05) is 0 Å². The standard InChI is InChI=1S/C7H15Br/c1-3-4-7(2)5-6-8/h7H,3-6H2,1-2H3. The number of hydrogen-bond acceptors (Lipinski definition) is 0. The van der Waals surface area contributed by atoms with E-state index in [-0.39, 0.29) is 0 Å². The van der Waals surface area contributed by atoms with Gasteiger partial charge in [0.1, 0.15) is 0 Å². The molecule has 0 saturated heterocycles. The van der Waals surface area contributed by atoms with E-state index in [0.717, 1.165) is 11.2 Å². The molecule has 0 rings (SSSR count). The second kappa shape index (κ2) is 5.61. The predicted molar refractivity (Wildman–Crippen MR) is 42.5 cm³/mol. The Morgan fingerprint density at radius 1 is 1.38 bits per heavy atom. The topological polar surface area (TPSA) is 0 Å². The fraction of sp³-hybridized carbons (Fsp3) is 1.00. The first-order chi connectivity index (χ1) is 3.81. The molecule has 1 heteroatoms. The Morgan fingerprint density at radius 2 is 2.00 bits per heavy atom. The Balaban J connectivity index is 2.92. The zero-order valence-electron chi connectivity index (χ0n) is 5.78. The highest BCUT2D eigenvalue weighted by Crippen LogP contribution is 2.10.